The fourth-order valence-corrected chi connectivity index (χ4v) is 2.57. The first-order valence-corrected chi connectivity index (χ1v) is 9.59. The second-order valence-electron chi connectivity index (χ2n) is 6.46. The fourth-order valence-electron chi connectivity index (χ4n) is 2.57. The van der Waals surface area contributed by atoms with Crippen molar-refractivity contribution in [1.29, 1.82) is 0 Å². The molecule has 10 heteroatoms. The summed E-state index contributed by atoms with van der Waals surface area (Å²) in [6.07, 6.45) is -1.46. The number of halogens is 3. The predicted molar refractivity (Wildman–Crippen MR) is 109 cm³/mol. The van der Waals surface area contributed by atoms with Crippen LogP contribution in [0.3, 0.4) is 0 Å². The molecule has 0 spiro atoms. The Hall–Kier alpha value is -3.56. The number of guanidine groups is 1. The van der Waals surface area contributed by atoms with E-state index in [2.05, 4.69) is 30.3 Å². The Labute approximate surface area is 177 Å². The molecule has 7 nitrogen and oxygen atoms in total. The van der Waals surface area contributed by atoms with Gasteiger partial charge in [0.15, 0.2) is 12.6 Å². The highest BCUT2D eigenvalue weighted by Crippen LogP contribution is 2.19. The van der Waals surface area contributed by atoms with E-state index in [1.165, 1.54) is 12.3 Å². The van der Waals surface area contributed by atoms with Gasteiger partial charge >= 0.3 is 6.18 Å². The zero-order chi connectivity index (χ0) is 22.1. The Bertz CT molecular complexity index is 990. The number of rotatable bonds is 8. The van der Waals surface area contributed by atoms with Crippen LogP contribution in [0.4, 0.5) is 13.2 Å². The second kappa shape index (κ2) is 10.5. The molecule has 0 amide bonds. The van der Waals surface area contributed by atoms with E-state index in [0.29, 0.717) is 36.2 Å². The fraction of sp³-hybridized carbons (Fsp3) is 0.286. The summed E-state index contributed by atoms with van der Waals surface area (Å²) in [7, 11) is 0. The highest BCUT2D eigenvalue weighted by molar-refractivity contribution is 5.79. The number of oxazole rings is 1. The van der Waals surface area contributed by atoms with Crippen molar-refractivity contribution in [3.05, 3.63) is 66.2 Å². The maximum Gasteiger partial charge on any atom is 0.422 e. The molecule has 3 aromatic rings. The van der Waals surface area contributed by atoms with Crippen LogP contribution in [0.2, 0.25) is 0 Å². The van der Waals surface area contributed by atoms with Crippen LogP contribution in [0.5, 0.6) is 5.88 Å². The maximum atomic E-state index is 12.3. The molecule has 2 aromatic heterocycles. The molecule has 2 N–H and O–H groups in total. The summed E-state index contributed by atoms with van der Waals surface area (Å²) in [5, 5.41) is 6.26. The first kappa shape index (κ1) is 22.1. The summed E-state index contributed by atoms with van der Waals surface area (Å²) < 4.78 is 47.1. The van der Waals surface area contributed by atoms with Gasteiger partial charge in [0.05, 0.1) is 18.8 Å². The molecule has 0 aliphatic heterocycles. The average molecular weight is 433 g/mol. The number of ether oxygens (including phenoxy) is 1. The van der Waals surface area contributed by atoms with Crippen LogP contribution in [0, 0.1) is 0 Å². The molecule has 0 aliphatic carbocycles. The SMILES string of the molecule is CCNC(=NCc1ccnc(OCC(F)(F)F)c1)NCc1coc(-c2ccccc2)n1. The maximum absolute atomic E-state index is 12.3. The molecule has 164 valence electrons. The van der Waals surface area contributed by atoms with Gasteiger partial charge in [0.2, 0.25) is 11.8 Å². The predicted octanol–water partition coefficient (Wildman–Crippen LogP) is 3.93. The highest BCUT2D eigenvalue weighted by atomic mass is 19.4. The zero-order valence-corrected chi connectivity index (χ0v) is 16.8. The van der Waals surface area contributed by atoms with E-state index >= 15 is 0 Å². The Morgan fingerprint density at radius 3 is 2.71 bits per heavy atom. The Morgan fingerprint density at radius 2 is 1.97 bits per heavy atom. The number of hydrogen-bond donors (Lipinski definition) is 2. The zero-order valence-electron chi connectivity index (χ0n) is 16.8. The van der Waals surface area contributed by atoms with Gasteiger partial charge in [-0.25, -0.2) is 15.0 Å². The summed E-state index contributed by atoms with van der Waals surface area (Å²) in [5.41, 5.74) is 2.25. The Morgan fingerprint density at radius 1 is 1.16 bits per heavy atom. The topological polar surface area (TPSA) is 84.6 Å². The molecular formula is C21H22F3N5O2. The molecule has 2 heterocycles. The van der Waals surface area contributed by atoms with Crippen molar-refractivity contribution in [2.24, 2.45) is 4.99 Å². The van der Waals surface area contributed by atoms with Gasteiger partial charge in [0, 0.05) is 24.4 Å². The summed E-state index contributed by atoms with van der Waals surface area (Å²) in [6, 6.07) is 12.7. The minimum atomic E-state index is -4.42. The van der Waals surface area contributed by atoms with E-state index in [9.17, 15) is 13.2 Å². The van der Waals surface area contributed by atoms with Crippen LogP contribution >= 0.6 is 0 Å². The lowest BCUT2D eigenvalue weighted by Crippen LogP contribution is -2.36. The summed E-state index contributed by atoms with van der Waals surface area (Å²) in [5.74, 6) is 0.961. The van der Waals surface area contributed by atoms with Gasteiger partial charge in [-0.2, -0.15) is 13.2 Å². The number of nitrogens with one attached hydrogen (secondary N) is 2. The lowest BCUT2D eigenvalue weighted by Gasteiger charge is -2.11. The minimum Gasteiger partial charge on any atom is -0.468 e. The molecule has 0 bridgehead atoms. The van der Waals surface area contributed by atoms with Crippen molar-refractivity contribution in [2.75, 3.05) is 13.2 Å². The lowest BCUT2D eigenvalue weighted by molar-refractivity contribution is -0.154. The molecule has 0 atom stereocenters. The Kier molecular flexibility index (Phi) is 7.47. The van der Waals surface area contributed by atoms with Crippen LogP contribution in [0.25, 0.3) is 11.5 Å². The molecule has 0 saturated carbocycles. The van der Waals surface area contributed by atoms with Crippen LogP contribution in [0.15, 0.2) is 64.3 Å². The van der Waals surface area contributed by atoms with E-state index in [1.54, 1.807) is 12.3 Å². The third kappa shape index (κ3) is 7.32. The second-order valence-corrected chi connectivity index (χ2v) is 6.46. The number of benzene rings is 1. The van der Waals surface area contributed by atoms with Gasteiger partial charge in [-0.05, 0) is 30.7 Å². The van der Waals surface area contributed by atoms with Crippen LogP contribution < -0.4 is 15.4 Å². The van der Waals surface area contributed by atoms with Gasteiger partial charge in [-0.3, -0.25) is 0 Å². The summed E-state index contributed by atoms with van der Waals surface area (Å²) >= 11 is 0. The third-order valence-corrected chi connectivity index (χ3v) is 3.96. The largest absolute Gasteiger partial charge is 0.468 e. The third-order valence-electron chi connectivity index (χ3n) is 3.96. The summed E-state index contributed by atoms with van der Waals surface area (Å²) in [4.78, 5) is 12.7. The van der Waals surface area contributed by atoms with Crippen molar-refractivity contribution in [3.63, 3.8) is 0 Å². The van der Waals surface area contributed by atoms with Crippen LogP contribution in [-0.2, 0) is 13.1 Å². The first-order valence-electron chi connectivity index (χ1n) is 9.59. The molecule has 0 saturated heterocycles. The lowest BCUT2D eigenvalue weighted by atomic mass is 10.2. The minimum absolute atomic E-state index is 0.0981. The van der Waals surface area contributed by atoms with Crippen molar-refractivity contribution >= 4 is 5.96 Å². The van der Waals surface area contributed by atoms with Crippen molar-refractivity contribution in [1.82, 2.24) is 20.6 Å². The summed E-state index contributed by atoms with van der Waals surface area (Å²) in [6.45, 7) is 1.79. The van der Waals surface area contributed by atoms with Crippen LogP contribution in [0.1, 0.15) is 18.2 Å². The van der Waals surface area contributed by atoms with Crippen LogP contribution in [-0.4, -0.2) is 35.3 Å². The molecule has 0 fully saturated rings. The Balaban J connectivity index is 1.59. The van der Waals surface area contributed by atoms with Gasteiger partial charge in [0.25, 0.3) is 0 Å². The highest BCUT2D eigenvalue weighted by Gasteiger charge is 2.28. The smallest absolute Gasteiger partial charge is 0.422 e. The molecule has 31 heavy (non-hydrogen) atoms. The number of aromatic nitrogens is 2. The van der Waals surface area contributed by atoms with Crippen molar-refractivity contribution in [2.45, 2.75) is 26.2 Å². The normalized spacial score (nSPS) is 11.9. The first-order chi connectivity index (χ1) is 14.9. The van der Waals surface area contributed by atoms with E-state index in [-0.39, 0.29) is 12.4 Å². The number of pyridine rings is 1. The van der Waals surface area contributed by atoms with Gasteiger partial charge < -0.3 is 19.8 Å². The molecule has 0 radical (unpaired) electrons. The molecular weight excluding hydrogens is 411 g/mol. The van der Waals surface area contributed by atoms with Crippen molar-refractivity contribution in [3.8, 4) is 17.3 Å². The number of hydrogen-bond acceptors (Lipinski definition) is 5. The van der Waals surface area contributed by atoms with Crippen molar-refractivity contribution < 1.29 is 22.3 Å². The quantitative estimate of drug-likeness (QED) is 0.414. The molecule has 3 rings (SSSR count). The standard InChI is InChI=1S/C21H22F3N5O2/c1-2-25-20(27-11-15-8-9-26-18(10-15)31-14-21(22,23)24)28-12-17-13-30-19(29-17)16-6-4-3-5-7-16/h3-10,13H,2,11-12,14H2,1H3,(H2,25,27,28). The van der Waals surface area contributed by atoms with E-state index in [1.807, 2.05) is 37.3 Å². The van der Waals surface area contributed by atoms with E-state index < -0.39 is 12.8 Å². The van der Waals surface area contributed by atoms with Gasteiger partial charge in [0.1, 0.15) is 6.26 Å². The van der Waals surface area contributed by atoms with Gasteiger partial charge in [-0.15, -0.1) is 0 Å². The number of nitrogens with zero attached hydrogens (tertiary/aromatic N) is 3. The molecule has 1 aromatic carbocycles. The average Bonchev–Trinajstić information content (AvgIpc) is 3.24. The van der Waals surface area contributed by atoms with E-state index in [0.717, 1.165) is 5.56 Å². The number of aliphatic imine (C=N–C) groups is 1. The monoisotopic (exact) mass is 433 g/mol. The molecule has 0 unspecified atom stereocenters. The molecule has 0 aliphatic rings. The van der Waals surface area contributed by atoms with E-state index in [4.69, 9.17) is 4.42 Å². The van der Waals surface area contributed by atoms with Gasteiger partial charge in [-0.1, -0.05) is 18.2 Å². The number of alkyl halides is 3.